The molecule has 0 atom stereocenters. The number of aromatic nitrogens is 4. The van der Waals surface area contributed by atoms with Crippen LogP contribution in [0.3, 0.4) is 0 Å². The second kappa shape index (κ2) is 9.13. The largest absolute Gasteiger partial charge is 0.465 e. The third-order valence-corrected chi connectivity index (χ3v) is 5.44. The molecule has 9 nitrogen and oxygen atoms in total. The SMILES string of the molecule is Cn1cc(-n2ccc(=O)c(Cc3cccc(N(CC4CCOCC4)C(=O)O)c3)n2)cn1. The van der Waals surface area contributed by atoms with E-state index in [1.165, 1.54) is 11.0 Å². The van der Waals surface area contributed by atoms with Crippen molar-refractivity contribution in [1.82, 2.24) is 19.6 Å². The fourth-order valence-electron chi connectivity index (χ4n) is 3.75. The number of aryl methyl sites for hydroxylation is 1. The molecule has 1 N–H and O–H groups in total. The maximum absolute atomic E-state index is 12.4. The summed E-state index contributed by atoms with van der Waals surface area (Å²) in [6, 6.07) is 8.76. The molecule has 1 fully saturated rings. The summed E-state index contributed by atoms with van der Waals surface area (Å²) >= 11 is 0. The van der Waals surface area contributed by atoms with Crippen LogP contribution >= 0.6 is 0 Å². The number of ether oxygens (including phenoxy) is 1. The fourth-order valence-corrected chi connectivity index (χ4v) is 3.75. The van der Waals surface area contributed by atoms with Crippen LogP contribution in [0.4, 0.5) is 10.5 Å². The summed E-state index contributed by atoms with van der Waals surface area (Å²) in [5.74, 6) is 0.274. The molecule has 9 heteroatoms. The van der Waals surface area contributed by atoms with Gasteiger partial charge in [0, 0.05) is 51.2 Å². The molecule has 0 radical (unpaired) electrons. The quantitative estimate of drug-likeness (QED) is 0.653. The average molecular weight is 423 g/mol. The Bertz CT molecular complexity index is 1120. The molecule has 0 spiro atoms. The van der Waals surface area contributed by atoms with E-state index in [1.54, 1.807) is 27.8 Å². The highest BCUT2D eigenvalue weighted by Gasteiger charge is 2.22. The van der Waals surface area contributed by atoms with Crippen molar-refractivity contribution in [3.05, 3.63) is 70.4 Å². The Hall–Kier alpha value is -3.46. The molecule has 0 aliphatic carbocycles. The van der Waals surface area contributed by atoms with Crippen LogP contribution in [0.25, 0.3) is 5.69 Å². The molecule has 162 valence electrons. The van der Waals surface area contributed by atoms with Gasteiger partial charge in [-0.05, 0) is 36.5 Å². The number of carbonyl (C=O) groups is 1. The standard InChI is InChI=1S/C22H25N5O4/c1-25-15-19(13-23-25)27-8-5-21(28)20(24-27)12-17-3-2-4-18(11-17)26(22(29)30)14-16-6-9-31-10-7-16/h2-5,8,11,13,15-16H,6-7,9-10,12,14H2,1H3,(H,29,30). The van der Waals surface area contributed by atoms with E-state index >= 15 is 0 Å². The molecule has 0 saturated carbocycles. The van der Waals surface area contributed by atoms with E-state index in [1.807, 2.05) is 31.4 Å². The van der Waals surface area contributed by atoms with Gasteiger partial charge in [0.2, 0.25) is 5.43 Å². The molecule has 1 saturated heterocycles. The molecule has 31 heavy (non-hydrogen) atoms. The molecular weight excluding hydrogens is 398 g/mol. The summed E-state index contributed by atoms with van der Waals surface area (Å²) in [5, 5.41) is 18.4. The average Bonchev–Trinajstić information content (AvgIpc) is 3.20. The highest BCUT2D eigenvalue weighted by Crippen LogP contribution is 2.23. The topological polar surface area (TPSA) is 102 Å². The molecule has 1 aromatic carbocycles. The molecule has 2 aromatic heterocycles. The van der Waals surface area contributed by atoms with Crippen molar-refractivity contribution < 1.29 is 14.6 Å². The van der Waals surface area contributed by atoms with Gasteiger partial charge in [0.25, 0.3) is 0 Å². The van der Waals surface area contributed by atoms with Crippen molar-refractivity contribution in [3.63, 3.8) is 0 Å². The normalized spacial score (nSPS) is 14.5. The summed E-state index contributed by atoms with van der Waals surface area (Å²) < 4.78 is 8.65. The van der Waals surface area contributed by atoms with Crippen molar-refractivity contribution >= 4 is 11.8 Å². The summed E-state index contributed by atoms with van der Waals surface area (Å²) in [6.45, 7) is 1.77. The number of carboxylic acid groups (broad SMARTS) is 1. The highest BCUT2D eigenvalue weighted by molar-refractivity contribution is 5.86. The van der Waals surface area contributed by atoms with Crippen LogP contribution in [0.2, 0.25) is 0 Å². The number of nitrogens with zero attached hydrogens (tertiary/aromatic N) is 5. The van der Waals surface area contributed by atoms with Gasteiger partial charge in [-0.1, -0.05) is 12.1 Å². The van der Waals surface area contributed by atoms with Crippen LogP contribution < -0.4 is 10.3 Å². The summed E-state index contributed by atoms with van der Waals surface area (Å²) in [7, 11) is 1.81. The summed E-state index contributed by atoms with van der Waals surface area (Å²) in [5.41, 5.74) is 2.40. The zero-order valence-electron chi connectivity index (χ0n) is 17.3. The molecule has 0 bridgehead atoms. The predicted molar refractivity (Wildman–Crippen MR) is 115 cm³/mol. The zero-order chi connectivity index (χ0) is 21.8. The molecule has 3 heterocycles. The van der Waals surface area contributed by atoms with E-state index in [2.05, 4.69) is 10.2 Å². The number of anilines is 1. The van der Waals surface area contributed by atoms with Gasteiger partial charge in [-0.15, -0.1) is 0 Å². The fraction of sp³-hybridized carbons (Fsp3) is 0.364. The lowest BCUT2D eigenvalue weighted by Gasteiger charge is -2.28. The predicted octanol–water partition coefficient (Wildman–Crippen LogP) is 2.47. The Kier molecular flexibility index (Phi) is 6.13. The van der Waals surface area contributed by atoms with Crippen LogP contribution in [0.1, 0.15) is 24.1 Å². The van der Waals surface area contributed by atoms with E-state index in [4.69, 9.17) is 4.74 Å². The molecule has 1 aliphatic rings. The van der Waals surface area contributed by atoms with E-state index in [0.29, 0.717) is 37.6 Å². The number of amides is 1. The van der Waals surface area contributed by atoms with Crippen molar-refractivity contribution in [1.29, 1.82) is 0 Å². The Morgan fingerprint density at radius 1 is 1.29 bits per heavy atom. The Morgan fingerprint density at radius 2 is 2.10 bits per heavy atom. The maximum atomic E-state index is 12.4. The van der Waals surface area contributed by atoms with Gasteiger partial charge in [-0.3, -0.25) is 14.4 Å². The maximum Gasteiger partial charge on any atom is 0.411 e. The minimum atomic E-state index is -0.986. The van der Waals surface area contributed by atoms with Crippen LogP contribution in [-0.2, 0) is 18.2 Å². The molecule has 0 unspecified atom stereocenters. The third kappa shape index (κ3) is 5.00. The van der Waals surface area contributed by atoms with Gasteiger partial charge in [-0.25, -0.2) is 9.48 Å². The van der Waals surface area contributed by atoms with Gasteiger partial charge in [-0.2, -0.15) is 10.2 Å². The second-order valence-corrected chi connectivity index (χ2v) is 7.74. The molecule has 4 rings (SSSR count). The van der Waals surface area contributed by atoms with Crippen LogP contribution in [0.5, 0.6) is 0 Å². The third-order valence-electron chi connectivity index (χ3n) is 5.44. The lowest BCUT2D eigenvalue weighted by Crippen LogP contribution is -2.36. The first kappa shape index (κ1) is 20.8. The first-order chi connectivity index (χ1) is 15.0. The van der Waals surface area contributed by atoms with Crippen molar-refractivity contribution in [2.75, 3.05) is 24.7 Å². The molecule has 1 amide bonds. The van der Waals surface area contributed by atoms with Crippen LogP contribution in [0, 0.1) is 5.92 Å². The Labute approximate surface area is 179 Å². The van der Waals surface area contributed by atoms with Gasteiger partial charge in [0.05, 0.1) is 12.4 Å². The zero-order valence-corrected chi connectivity index (χ0v) is 17.3. The van der Waals surface area contributed by atoms with Crippen molar-refractivity contribution in [3.8, 4) is 5.69 Å². The summed E-state index contributed by atoms with van der Waals surface area (Å²) in [4.78, 5) is 25.7. The van der Waals surface area contributed by atoms with E-state index in [-0.39, 0.29) is 11.3 Å². The van der Waals surface area contributed by atoms with Crippen molar-refractivity contribution in [2.24, 2.45) is 13.0 Å². The van der Waals surface area contributed by atoms with Gasteiger partial charge >= 0.3 is 6.09 Å². The van der Waals surface area contributed by atoms with Crippen LogP contribution in [-0.4, -0.2) is 50.5 Å². The van der Waals surface area contributed by atoms with E-state index in [9.17, 15) is 14.7 Å². The number of hydrogen-bond donors (Lipinski definition) is 1. The summed E-state index contributed by atoms with van der Waals surface area (Å²) in [6.07, 6.45) is 6.11. The van der Waals surface area contributed by atoms with Crippen LogP contribution in [0.15, 0.2) is 53.7 Å². The van der Waals surface area contributed by atoms with Gasteiger partial charge in [0.15, 0.2) is 0 Å². The number of benzene rings is 1. The van der Waals surface area contributed by atoms with E-state index in [0.717, 1.165) is 24.1 Å². The first-order valence-electron chi connectivity index (χ1n) is 10.2. The van der Waals surface area contributed by atoms with Gasteiger partial charge < -0.3 is 9.84 Å². The first-order valence-corrected chi connectivity index (χ1v) is 10.2. The monoisotopic (exact) mass is 423 g/mol. The number of rotatable bonds is 6. The van der Waals surface area contributed by atoms with Crippen molar-refractivity contribution in [2.45, 2.75) is 19.3 Å². The minimum absolute atomic E-state index is 0.164. The minimum Gasteiger partial charge on any atom is -0.465 e. The molecule has 3 aromatic rings. The number of hydrogen-bond acceptors (Lipinski definition) is 5. The Balaban J connectivity index is 1.56. The highest BCUT2D eigenvalue weighted by atomic mass is 16.5. The lowest BCUT2D eigenvalue weighted by molar-refractivity contribution is 0.0680. The Morgan fingerprint density at radius 3 is 2.81 bits per heavy atom. The smallest absolute Gasteiger partial charge is 0.411 e. The van der Waals surface area contributed by atoms with E-state index < -0.39 is 6.09 Å². The van der Waals surface area contributed by atoms with Gasteiger partial charge in [0.1, 0.15) is 11.4 Å². The second-order valence-electron chi connectivity index (χ2n) is 7.74. The molecule has 1 aliphatic heterocycles. The molecular formula is C22H25N5O4. The lowest BCUT2D eigenvalue weighted by atomic mass is 9.99.